The van der Waals surface area contributed by atoms with Crippen molar-refractivity contribution in [3.8, 4) is 5.75 Å². The third-order valence-corrected chi connectivity index (χ3v) is 11.3. The molecule has 0 unspecified atom stereocenters. The number of carbonyl (C=O) groups is 4. The highest BCUT2D eigenvalue weighted by atomic mass is 35.5. The van der Waals surface area contributed by atoms with Gasteiger partial charge in [0.05, 0.1) is 22.9 Å². The van der Waals surface area contributed by atoms with Gasteiger partial charge in [0.2, 0.25) is 11.8 Å². The fourth-order valence-electron chi connectivity index (χ4n) is 8.81. The van der Waals surface area contributed by atoms with E-state index >= 15 is 4.79 Å². The lowest BCUT2D eigenvalue weighted by molar-refractivity contribution is -0.135. The van der Waals surface area contributed by atoms with Crippen LogP contribution in [-0.2, 0) is 24.6 Å². The number of nitrogens with zero attached hydrogens (tertiary/aromatic N) is 1. The minimum Gasteiger partial charge on any atom is -0.508 e. The van der Waals surface area contributed by atoms with E-state index in [1.807, 2.05) is 66.7 Å². The summed E-state index contributed by atoms with van der Waals surface area (Å²) in [6.07, 6.45) is 3.95. The number of phenols is 1. The number of amides is 2. The third kappa shape index (κ3) is 4.39. The van der Waals surface area contributed by atoms with Crippen molar-refractivity contribution in [2.24, 2.45) is 23.7 Å². The Balaban J connectivity index is 1.36. The maximum absolute atomic E-state index is 15.0. The Morgan fingerprint density at radius 1 is 0.771 bits per heavy atom. The Hall–Kier alpha value is -4.78. The molecule has 2 amide bonds. The molecule has 1 N–H and O–H groups in total. The number of ketones is 2. The number of benzene rings is 4. The summed E-state index contributed by atoms with van der Waals surface area (Å²) in [4.78, 5) is 59.6. The minimum atomic E-state index is -1.39. The molecule has 8 heteroatoms. The molecule has 4 aliphatic rings. The molecular formula is C40H29Cl2NO5. The number of halogens is 2. The lowest BCUT2D eigenvalue weighted by Gasteiger charge is -2.55. The Morgan fingerprint density at radius 2 is 1.46 bits per heavy atom. The van der Waals surface area contributed by atoms with Gasteiger partial charge >= 0.3 is 0 Å². The molecule has 6 nitrogen and oxygen atoms in total. The molecule has 4 aromatic carbocycles. The monoisotopic (exact) mass is 673 g/mol. The average Bonchev–Trinajstić information content (AvgIpc) is 3.36. The van der Waals surface area contributed by atoms with Crippen molar-refractivity contribution >= 4 is 57.8 Å². The van der Waals surface area contributed by atoms with Crippen LogP contribution in [0.2, 0.25) is 10.0 Å². The van der Waals surface area contributed by atoms with E-state index in [1.165, 1.54) is 23.1 Å². The number of phenolic OH excluding ortho intramolecular Hbond substituents is 1. The van der Waals surface area contributed by atoms with E-state index in [9.17, 15) is 19.5 Å². The summed E-state index contributed by atoms with van der Waals surface area (Å²) in [6.45, 7) is 0. The number of imide groups is 1. The van der Waals surface area contributed by atoms with Gasteiger partial charge in [0, 0.05) is 27.5 Å². The van der Waals surface area contributed by atoms with Gasteiger partial charge in [-0.3, -0.25) is 24.1 Å². The molecule has 1 saturated carbocycles. The molecule has 0 radical (unpaired) electrons. The fourth-order valence-corrected chi connectivity index (χ4v) is 9.22. The first-order chi connectivity index (χ1) is 23.2. The molecule has 0 spiro atoms. The van der Waals surface area contributed by atoms with Crippen molar-refractivity contribution in [3.05, 3.63) is 148 Å². The summed E-state index contributed by atoms with van der Waals surface area (Å²) < 4.78 is 0. The lowest BCUT2D eigenvalue weighted by atomic mass is 9.44. The molecule has 1 aliphatic heterocycles. The summed E-state index contributed by atoms with van der Waals surface area (Å²) in [5, 5.41) is 11.1. The summed E-state index contributed by atoms with van der Waals surface area (Å²) in [5.74, 6) is -4.62. The van der Waals surface area contributed by atoms with Gasteiger partial charge in [-0.25, -0.2) is 0 Å². The SMILES string of the molecule is O=C1C(c2ccccc2)=CC(=O)[C@@]2(c3ccccc3)[C@@H](c3ccc(O)cc3Cl)C3=CC[C@@H]4C(=O)N(c5ccc(Cl)cc5)C(=O)[C@@H]4[C@@H]3C[C@@H]12. The first-order valence-electron chi connectivity index (χ1n) is 15.9. The van der Waals surface area contributed by atoms with Crippen LogP contribution in [0.5, 0.6) is 5.75 Å². The fraction of sp³-hybridized carbons (Fsp3) is 0.200. The maximum Gasteiger partial charge on any atom is 0.238 e. The van der Waals surface area contributed by atoms with E-state index < -0.39 is 35.0 Å². The number of Topliss-reactive ketones (excluding diaryl/α,β-unsaturated/α-hetero) is 1. The van der Waals surface area contributed by atoms with Crippen LogP contribution in [-0.4, -0.2) is 28.5 Å². The van der Waals surface area contributed by atoms with E-state index in [-0.39, 0.29) is 40.6 Å². The van der Waals surface area contributed by atoms with Crippen molar-refractivity contribution in [1.82, 2.24) is 0 Å². The Labute approximate surface area is 287 Å². The number of fused-ring (bicyclic) bond motifs is 4. The number of hydrogen-bond donors (Lipinski definition) is 1. The van der Waals surface area contributed by atoms with Crippen molar-refractivity contribution in [2.45, 2.75) is 24.2 Å². The van der Waals surface area contributed by atoms with Gasteiger partial charge < -0.3 is 5.11 Å². The Kier molecular flexibility index (Phi) is 7.27. The number of anilines is 1. The van der Waals surface area contributed by atoms with Gasteiger partial charge in [-0.15, -0.1) is 0 Å². The second kappa shape index (κ2) is 11.4. The van der Waals surface area contributed by atoms with E-state index in [1.54, 1.807) is 30.3 Å². The number of hydrogen-bond acceptors (Lipinski definition) is 5. The van der Waals surface area contributed by atoms with Crippen LogP contribution >= 0.6 is 23.2 Å². The molecule has 8 rings (SSSR count). The zero-order chi connectivity index (χ0) is 33.3. The summed E-state index contributed by atoms with van der Waals surface area (Å²) >= 11 is 13.0. The van der Waals surface area contributed by atoms with Gasteiger partial charge in [0.15, 0.2) is 11.6 Å². The first kappa shape index (κ1) is 30.5. The van der Waals surface area contributed by atoms with Crippen molar-refractivity contribution in [1.29, 1.82) is 0 Å². The van der Waals surface area contributed by atoms with E-state index in [0.717, 1.165) is 5.57 Å². The standard InChI is InChI=1S/C40H29Cl2NO5/c41-24-11-13-25(14-12-24)43-38(47)29-18-17-27-31(35(29)39(43)48)20-32-37(46)30(22-7-3-1-4-8-22)21-34(45)40(32,23-9-5-2-6-10-23)36(27)28-16-15-26(44)19-33(28)42/h1-17,19,21,29,31-32,35-36,44H,18,20H2/t29-,31+,32-,35-,36+,40-/m0/s1. The number of rotatable bonds is 4. The predicted octanol–water partition coefficient (Wildman–Crippen LogP) is 7.73. The molecule has 48 heavy (non-hydrogen) atoms. The largest absolute Gasteiger partial charge is 0.508 e. The van der Waals surface area contributed by atoms with E-state index in [2.05, 4.69) is 0 Å². The smallest absolute Gasteiger partial charge is 0.238 e. The van der Waals surface area contributed by atoms with Gasteiger partial charge in [-0.05, 0) is 77.9 Å². The van der Waals surface area contributed by atoms with E-state index in [4.69, 9.17) is 23.2 Å². The summed E-state index contributed by atoms with van der Waals surface area (Å²) in [5.41, 5.74) is 2.06. The molecule has 0 bridgehead atoms. The summed E-state index contributed by atoms with van der Waals surface area (Å²) in [6, 6.07) is 29.7. The van der Waals surface area contributed by atoms with Gasteiger partial charge in [-0.2, -0.15) is 0 Å². The highest BCUT2D eigenvalue weighted by molar-refractivity contribution is 6.33. The van der Waals surface area contributed by atoms with Crippen LogP contribution in [0.3, 0.4) is 0 Å². The van der Waals surface area contributed by atoms with Crippen LogP contribution in [0.1, 0.15) is 35.4 Å². The topological polar surface area (TPSA) is 91.8 Å². The van der Waals surface area contributed by atoms with Crippen LogP contribution in [0.4, 0.5) is 5.69 Å². The molecule has 6 atom stereocenters. The molecular weight excluding hydrogens is 645 g/mol. The molecule has 238 valence electrons. The van der Waals surface area contributed by atoms with Gasteiger partial charge in [0.25, 0.3) is 0 Å². The predicted molar refractivity (Wildman–Crippen MR) is 184 cm³/mol. The van der Waals surface area contributed by atoms with Crippen LogP contribution in [0, 0.1) is 23.7 Å². The molecule has 4 aromatic rings. The van der Waals surface area contributed by atoms with Crippen molar-refractivity contribution < 1.29 is 24.3 Å². The third-order valence-electron chi connectivity index (χ3n) is 10.8. The molecule has 0 aromatic heterocycles. The van der Waals surface area contributed by atoms with Gasteiger partial charge in [-0.1, -0.05) is 102 Å². The first-order valence-corrected chi connectivity index (χ1v) is 16.7. The highest BCUT2D eigenvalue weighted by Crippen LogP contribution is 2.64. The van der Waals surface area contributed by atoms with Crippen molar-refractivity contribution in [3.63, 3.8) is 0 Å². The number of allylic oxidation sites excluding steroid dienone is 4. The molecule has 2 fully saturated rings. The van der Waals surface area contributed by atoms with Crippen LogP contribution in [0.25, 0.3) is 5.57 Å². The molecule has 1 saturated heterocycles. The second-order valence-corrected chi connectivity index (χ2v) is 13.8. The summed E-state index contributed by atoms with van der Waals surface area (Å²) in [7, 11) is 0. The van der Waals surface area contributed by atoms with Crippen LogP contribution < -0.4 is 4.90 Å². The average molecular weight is 675 g/mol. The zero-order valence-electron chi connectivity index (χ0n) is 25.6. The number of carbonyl (C=O) groups excluding carboxylic acids is 4. The molecule has 1 heterocycles. The minimum absolute atomic E-state index is 0.0356. The number of aromatic hydroxyl groups is 1. The van der Waals surface area contributed by atoms with Crippen molar-refractivity contribution in [2.75, 3.05) is 4.90 Å². The highest BCUT2D eigenvalue weighted by Gasteiger charge is 2.66. The Morgan fingerprint density at radius 3 is 2.15 bits per heavy atom. The maximum atomic E-state index is 15.0. The quantitative estimate of drug-likeness (QED) is 0.177. The lowest BCUT2D eigenvalue weighted by Crippen LogP contribution is -2.58. The zero-order valence-corrected chi connectivity index (χ0v) is 27.1. The van der Waals surface area contributed by atoms with E-state index in [0.29, 0.717) is 39.4 Å². The normalized spacial score (nSPS) is 28.0. The molecule has 3 aliphatic carbocycles. The Bertz CT molecular complexity index is 2070. The second-order valence-electron chi connectivity index (χ2n) is 13.0. The van der Waals surface area contributed by atoms with Gasteiger partial charge in [0.1, 0.15) is 5.75 Å². The van der Waals surface area contributed by atoms with Crippen LogP contribution in [0.15, 0.2) is 121 Å².